The number of carbonyl (C=O) groups excluding carboxylic acids is 4. The maximum atomic E-state index is 13.1. The second kappa shape index (κ2) is 55.3. The van der Waals surface area contributed by atoms with Crippen molar-refractivity contribution in [2.24, 2.45) is 23.3 Å². The largest absolute Gasteiger partial charge is 1.00 e. The fourth-order valence-electron chi connectivity index (χ4n) is 7.09. The minimum Gasteiger partial charge on any atom is -0.490 e. The summed E-state index contributed by atoms with van der Waals surface area (Å²) in [5.74, 6) is 1.78. The van der Waals surface area contributed by atoms with E-state index in [-0.39, 0.29) is 140 Å². The smallest absolute Gasteiger partial charge is 0.490 e. The van der Waals surface area contributed by atoms with Crippen molar-refractivity contribution < 1.29 is 137 Å². The van der Waals surface area contributed by atoms with E-state index in [0.29, 0.717) is 48.1 Å². The van der Waals surface area contributed by atoms with Crippen LogP contribution in [0.15, 0.2) is 60.5 Å². The van der Waals surface area contributed by atoms with Gasteiger partial charge in [-0.2, -0.15) is 24.2 Å². The molecule has 1 saturated heterocycles. The standard InChI is InChI=1S/C19H27N2O3P.C13H14ClNO.C9H20.C7H14.C5H7N2O.C4H8O2.C4H10.2K/c1-6-14-10-17(25)12(2)9-15(14)19(23)20(4)16-7-8-18(22)21(11-24-5)13(16)3;14-13-8-12(7-6-10(13)9-15)16-11-4-2-1-3-5-11;1-4-6-7-8-9(3)5-2;1-4-7(5-2)6-3;1-2-3-4(6)5(7)8;5-3-1-2-4-6;1-3-4-2;;/h9-10,16H,3,6-8,11,25H2,1-2,4-5H3;6-8,11H,1-5H2;9H,4-8H2,1-3H3;7H,1-2,4-6H2,3H3;1-3H,6H2,(H2,7,8);3,6H,1-2,4H2;3-4H2,1-2H3;;/q;;;-2;-1;;;2*+1/b;;;;4-3-;;;;. The number of amides is 3. The van der Waals surface area contributed by atoms with Gasteiger partial charge in [0, 0.05) is 56.6 Å². The fourth-order valence-corrected chi connectivity index (χ4v) is 7.59. The molecule has 426 valence electrons. The molecular formula is C61H100ClK2N5O7P-. The van der Waals surface area contributed by atoms with Crippen LogP contribution in [0, 0.1) is 50.5 Å². The van der Waals surface area contributed by atoms with Gasteiger partial charge in [0.25, 0.3) is 5.91 Å². The number of nitriles is 1. The second-order valence-electron chi connectivity index (χ2n) is 18.6. The number of piperidine rings is 1. The minimum absolute atomic E-state index is 0. The van der Waals surface area contributed by atoms with Crippen LogP contribution in [-0.4, -0.2) is 78.6 Å². The predicted octanol–water partition coefficient (Wildman–Crippen LogP) is 7.31. The van der Waals surface area contributed by atoms with Gasteiger partial charge >= 0.3 is 103 Å². The summed E-state index contributed by atoms with van der Waals surface area (Å²) in [4.78, 5) is 47.9. The molecular weight excluding hydrogens is 1060 g/mol. The molecule has 1 saturated carbocycles. The Morgan fingerprint density at radius 2 is 1.61 bits per heavy atom. The van der Waals surface area contributed by atoms with Gasteiger partial charge in [0.2, 0.25) is 11.8 Å². The number of halogens is 1. The molecule has 1 heterocycles. The zero-order chi connectivity index (χ0) is 57.7. The first-order valence-electron chi connectivity index (χ1n) is 27.2. The van der Waals surface area contributed by atoms with E-state index in [0.717, 1.165) is 84.0 Å². The molecule has 77 heavy (non-hydrogen) atoms. The topological polar surface area (TPSA) is 189 Å². The zero-order valence-electron chi connectivity index (χ0n) is 50.0. The number of aliphatic hydroxyl groups excluding tert-OH is 1. The van der Waals surface area contributed by atoms with E-state index in [1.807, 2.05) is 32.0 Å². The molecule has 2 aromatic carbocycles. The average molecular weight is 1160 g/mol. The second-order valence-corrected chi connectivity index (χ2v) is 19.7. The van der Waals surface area contributed by atoms with Crippen molar-refractivity contribution in [1.82, 2.24) is 9.80 Å². The summed E-state index contributed by atoms with van der Waals surface area (Å²) in [6, 6.07) is 11.1. The van der Waals surface area contributed by atoms with Crippen LogP contribution in [0.1, 0.15) is 198 Å². The van der Waals surface area contributed by atoms with Gasteiger partial charge in [-0.25, -0.2) is 6.08 Å². The van der Waals surface area contributed by atoms with Gasteiger partial charge in [-0.3, -0.25) is 25.9 Å². The third-order valence-electron chi connectivity index (χ3n) is 12.7. The Kier molecular flexibility index (Phi) is 60.7. The number of nitrogens with two attached hydrogens (primary N) is 2. The van der Waals surface area contributed by atoms with Crippen LogP contribution in [0.5, 0.6) is 5.75 Å². The van der Waals surface area contributed by atoms with E-state index >= 15 is 0 Å². The Balaban J connectivity index is -0.000000287. The number of benzene rings is 2. The number of aryl methyl sites for hydroxylation is 2. The maximum absolute atomic E-state index is 13.1. The maximum Gasteiger partial charge on any atom is 1.00 e. The molecule has 3 atom stereocenters. The number of carbonyl (C=O) groups is 4. The van der Waals surface area contributed by atoms with E-state index in [9.17, 15) is 19.2 Å². The van der Waals surface area contributed by atoms with Gasteiger partial charge in [-0.05, 0) is 92.4 Å². The summed E-state index contributed by atoms with van der Waals surface area (Å²) in [5, 5.41) is 18.4. The monoisotopic (exact) mass is 1160 g/mol. The minimum atomic E-state index is -0.660. The number of methoxy groups -OCH3 is 1. The molecule has 1 aliphatic heterocycles. The summed E-state index contributed by atoms with van der Waals surface area (Å²) in [7, 11) is 6.03. The van der Waals surface area contributed by atoms with Gasteiger partial charge in [0.15, 0.2) is 0 Å². The van der Waals surface area contributed by atoms with E-state index in [1.165, 1.54) is 81.6 Å². The number of ether oxygens (including phenoxy) is 2. The van der Waals surface area contributed by atoms with Gasteiger partial charge in [-0.1, -0.05) is 136 Å². The predicted molar refractivity (Wildman–Crippen MR) is 317 cm³/mol. The molecule has 3 amide bonds. The first-order chi connectivity index (χ1) is 35.8. The first-order valence-corrected chi connectivity index (χ1v) is 28.2. The number of allylic oxidation sites excluding steroid dienone is 2. The summed E-state index contributed by atoms with van der Waals surface area (Å²) in [6.45, 7) is 34.2. The van der Waals surface area contributed by atoms with Crippen molar-refractivity contribution in [2.45, 2.75) is 196 Å². The SMILES string of the molecule is C=C1C(N(C)C(=O)c2cc(C)c(P)cc2CC)CCC(=O)N1COC.CCCC.CCCCCC(C)CC.N#Cc1ccc(OC2CCCCC2)cc1Cl.O=CCCCO.[CH-]=C/C=C(\N)C(N)=O.[CH2-]CC(C[CH2-])CC.[K+].[K+]. The van der Waals surface area contributed by atoms with Gasteiger partial charge in [0.1, 0.15) is 24.8 Å². The third-order valence-corrected chi connectivity index (χ3v) is 13.6. The van der Waals surface area contributed by atoms with Crippen LogP contribution >= 0.6 is 20.8 Å². The average Bonchev–Trinajstić information content (AvgIpc) is 3.41. The normalized spacial score (nSPS) is 13.9. The van der Waals surface area contributed by atoms with Crippen LogP contribution in [0.4, 0.5) is 0 Å². The molecule has 2 aliphatic rings. The van der Waals surface area contributed by atoms with Gasteiger partial charge in [0.05, 0.1) is 22.7 Å². The fraction of sp³-hybridized carbons (Fsp3) is 0.590. The number of rotatable bonds is 21. The molecule has 4 rings (SSSR count). The molecule has 2 aromatic rings. The van der Waals surface area contributed by atoms with E-state index in [2.05, 4.69) is 77.3 Å². The van der Waals surface area contributed by atoms with Crippen LogP contribution < -0.4 is 124 Å². The molecule has 0 spiro atoms. The summed E-state index contributed by atoms with van der Waals surface area (Å²) < 4.78 is 10.9. The molecule has 12 nitrogen and oxygen atoms in total. The van der Waals surface area contributed by atoms with Crippen molar-refractivity contribution in [1.29, 1.82) is 5.26 Å². The number of hydrogen-bond acceptors (Lipinski definition) is 9. The van der Waals surface area contributed by atoms with Gasteiger partial charge in [-0.15, -0.1) is 9.24 Å². The number of likely N-dealkylation sites (N-methyl/N-ethyl adjacent to an activating group) is 1. The van der Waals surface area contributed by atoms with Gasteiger partial charge < -0.3 is 49.6 Å². The Hall–Kier alpha value is -1.26. The Bertz CT molecular complexity index is 1970. The zero-order valence-corrected chi connectivity index (χ0v) is 58.2. The Morgan fingerprint density at radius 1 is 1.00 bits per heavy atom. The Labute approximate surface area is 561 Å². The summed E-state index contributed by atoms with van der Waals surface area (Å²) >= 11 is 5.94. The quantitative estimate of drug-likeness (QED) is 0.0219. The summed E-state index contributed by atoms with van der Waals surface area (Å²) in [6.07, 6.45) is 25.4. The van der Waals surface area contributed by atoms with Crippen LogP contribution in [-0.2, 0) is 25.5 Å². The molecule has 1 aliphatic carbocycles. The Morgan fingerprint density at radius 3 is 2.01 bits per heavy atom. The van der Waals surface area contributed by atoms with Crippen LogP contribution in [0.3, 0.4) is 0 Å². The number of primary amides is 1. The van der Waals surface area contributed by atoms with Crippen molar-refractivity contribution in [2.75, 3.05) is 27.5 Å². The molecule has 0 radical (unpaired) electrons. The molecule has 2 fully saturated rings. The van der Waals surface area contributed by atoms with Crippen LogP contribution in [0.25, 0.3) is 0 Å². The van der Waals surface area contributed by atoms with Crippen molar-refractivity contribution in [3.8, 4) is 11.8 Å². The number of nitrogens with zero attached hydrogens (tertiary/aromatic N) is 3. The van der Waals surface area contributed by atoms with Crippen molar-refractivity contribution in [3.05, 3.63) is 108 Å². The number of aliphatic hydroxyl groups is 1. The number of likely N-dealkylation sites (tertiary alicyclic amines) is 1. The van der Waals surface area contributed by atoms with Crippen LogP contribution in [0.2, 0.25) is 5.02 Å². The molecule has 0 aromatic heterocycles. The summed E-state index contributed by atoms with van der Waals surface area (Å²) in [5.41, 5.74) is 13.6. The third kappa shape index (κ3) is 39.8. The molecule has 3 unspecified atom stereocenters. The number of unbranched alkanes of at least 4 members (excludes halogenated alkanes) is 4. The molecule has 5 N–H and O–H groups in total. The van der Waals surface area contributed by atoms with Crippen molar-refractivity contribution in [3.63, 3.8) is 0 Å². The number of aldehydes is 1. The van der Waals surface area contributed by atoms with E-state index in [4.69, 9.17) is 49.5 Å². The van der Waals surface area contributed by atoms with Crippen molar-refractivity contribution >= 4 is 50.2 Å². The number of hydrogen-bond donors (Lipinski definition) is 3. The first kappa shape index (κ1) is 84.6. The molecule has 16 heteroatoms. The van der Waals surface area contributed by atoms with E-state index < -0.39 is 5.91 Å². The van der Waals surface area contributed by atoms with E-state index in [1.54, 1.807) is 31.2 Å². The molecule has 0 bridgehead atoms.